The maximum absolute atomic E-state index is 3.93. The summed E-state index contributed by atoms with van der Waals surface area (Å²) in [5.41, 5.74) is 4.99. The van der Waals surface area contributed by atoms with E-state index in [0.717, 1.165) is 29.6 Å². The van der Waals surface area contributed by atoms with Gasteiger partial charge in [-0.2, -0.15) is 0 Å². The van der Waals surface area contributed by atoms with Gasteiger partial charge in [-0.25, -0.2) is 0 Å². The standard InChI is InChI=1S/C31H48/c1-3-5-7-8-9-11-25-13-15-29-23-31(19-17-27(29)21-25)30-18-16-26-20-24(10-6-4-2)12-14-28(26)22-30/h4,13,15,21,24,26,28,30-31H,2-3,5-12,14,16-20,22-23H2,1H3. The molecule has 0 heterocycles. The van der Waals surface area contributed by atoms with Gasteiger partial charge in [-0.05, 0) is 123 Å². The summed E-state index contributed by atoms with van der Waals surface area (Å²) in [4.78, 5) is 0. The molecule has 4 rings (SSSR count). The first kappa shape index (κ1) is 23.1. The lowest BCUT2D eigenvalue weighted by molar-refractivity contribution is 0.0699. The fourth-order valence-electron chi connectivity index (χ4n) is 7.39. The summed E-state index contributed by atoms with van der Waals surface area (Å²) in [6.45, 7) is 6.24. The number of rotatable bonds is 10. The minimum Gasteiger partial charge on any atom is -0.103 e. The van der Waals surface area contributed by atoms with Crippen LogP contribution in [0.3, 0.4) is 0 Å². The number of allylic oxidation sites excluding steroid dienone is 1. The van der Waals surface area contributed by atoms with Gasteiger partial charge in [0.05, 0.1) is 0 Å². The molecule has 0 saturated heterocycles. The van der Waals surface area contributed by atoms with E-state index in [-0.39, 0.29) is 0 Å². The van der Waals surface area contributed by atoms with Crippen molar-refractivity contribution in [2.45, 2.75) is 116 Å². The van der Waals surface area contributed by atoms with Gasteiger partial charge in [-0.3, -0.25) is 0 Å². The van der Waals surface area contributed by atoms with Crippen LogP contribution < -0.4 is 0 Å². The third kappa shape index (κ3) is 6.27. The zero-order chi connectivity index (χ0) is 21.5. The smallest absolute Gasteiger partial charge is 0.0245 e. The van der Waals surface area contributed by atoms with Gasteiger partial charge in [0, 0.05) is 0 Å². The Morgan fingerprint density at radius 2 is 1.61 bits per heavy atom. The van der Waals surface area contributed by atoms with E-state index in [0.29, 0.717) is 0 Å². The Kier molecular flexibility index (Phi) is 8.74. The second-order valence-corrected chi connectivity index (χ2v) is 11.4. The molecule has 1 aromatic rings. The van der Waals surface area contributed by atoms with Gasteiger partial charge in [0.2, 0.25) is 0 Å². The third-order valence-electron chi connectivity index (χ3n) is 9.31. The molecule has 1 aromatic carbocycles. The van der Waals surface area contributed by atoms with Crippen LogP contribution in [0.15, 0.2) is 30.9 Å². The molecule has 0 amide bonds. The van der Waals surface area contributed by atoms with Crippen LogP contribution in [0.5, 0.6) is 0 Å². The second kappa shape index (κ2) is 11.7. The van der Waals surface area contributed by atoms with E-state index >= 15 is 0 Å². The molecule has 31 heavy (non-hydrogen) atoms. The minimum absolute atomic E-state index is 0.965. The fourth-order valence-corrected chi connectivity index (χ4v) is 7.39. The van der Waals surface area contributed by atoms with Crippen molar-refractivity contribution in [2.75, 3.05) is 0 Å². The number of fused-ring (bicyclic) bond motifs is 2. The zero-order valence-corrected chi connectivity index (χ0v) is 20.4. The fraction of sp³-hybridized carbons (Fsp3) is 0.742. The number of benzene rings is 1. The molecular formula is C31H48. The zero-order valence-electron chi connectivity index (χ0n) is 20.4. The highest BCUT2D eigenvalue weighted by molar-refractivity contribution is 5.34. The van der Waals surface area contributed by atoms with Crippen molar-refractivity contribution in [3.8, 4) is 0 Å². The van der Waals surface area contributed by atoms with Crippen molar-refractivity contribution in [3.63, 3.8) is 0 Å². The first-order valence-electron chi connectivity index (χ1n) is 14.0. The summed E-state index contributed by atoms with van der Waals surface area (Å²) in [7, 11) is 0. The van der Waals surface area contributed by atoms with Crippen molar-refractivity contribution in [2.24, 2.45) is 29.6 Å². The third-order valence-corrected chi connectivity index (χ3v) is 9.31. The molecule has 3 aliphatic rings. The summed E-state index contributed by atoms with van der Waals surface area (Å²) in [6, 6.07) is 7.55. The first-order chi connectivity index (χ1) is 15.3. The topological polar surface area (TPSA) is 0 Å². The van der Waals surface area contributed by atoms with E-state index in [9.17, 15) is 0 Å². The van der Waals surface area contributed by atoms with Gasteiger partial charge in [-0.15, -0.1) is 6.58 Å². The van der Waals surface area contributed by atoms with Crippen LogP contribution in [0.25, 0.3) is 0 Å². The minimum atomic E-state index is 0.965. The predicted molar refractivity (Wildman–Crippen MR) is 136 cm³/mol. The van der Waals surface area contributed by atoms with Crippen molar-refractivity contribution in [1.29, 1.82) is 0 Å². The number of unbranched alkanes of at least 4 members (excludes halogenated alkanes) is 4. The van der Waals surface area contributed by atoms with E-state index in [4.69, 9.17) is 0 Å². The SMILES string of the molecule is C=CCCC1CCC2CC(C3CCc4cc(CCCCCCC)ccc4C3)CCC2C1. The van der Waals surface area contributed by atoms with Gasteiger partial charge in [-0.1, -0.05) is 63.3 Å². The van der Waals surface area contributed by atoms with Crippen LogP contribution in [-0.2, 0) is 19.3 Å². The van der Waals surface area contributed by atoms with Gasteiger partial charge >= 0.3 is 0 Å². The molecule has 172 valence electrons. The van der Waals surface area contributed by atoms with Gasteiger partial charge in [0.15, 0.2) is 0 Å². The molecule has 3 aliphatic carbocycles. The molecule has 5 unspecified atom stereocenters. The Hall–Kier alpha value is -1.04. The number of aryl methyl sites for hydroxylation is 2. The quantitative estimate of drug-likeness (QED) is 0.261. The van der Waals surface area contributed by atoms with Crippen LogP contribution in [0.4, 0.5) is 0 Å². The van der Waals surface area contributed by atoms with E-state index in [2.05, 4.69) is 37.8 Å². The van der Waals surface area contributed by atoms with E-state index in [1.807, 2.05) is 0 Å². The predicted octanol–water partition coefficient (Wildman–Crippen LogP) is 9.10. The van der Waals surface area contributed by atoms with Crippen LogP contribution >= 0.6 is 0 Å². The first-order valence-corrected chi connectivity index (χ1v) is 14.0. The van der Waals surface area contributed by atoms with E-state index in [1.54, 1.807) is 23.1 Å². The average Bonchev–Trinajstić information content (AvgIpc) is 2.81. The normalized spacial score (nSPS) is 30.4. The van der Waals surface area contributed by atoms with Crippen LogP contribution in [-0.4, -0.2) is 0 Å². The molecule has 0 nitrogen and oxygen atoms in total. The molecule has 5 atom stereocenters. The maximum Gasteiger partial charge on any atom is -0.0245 e. The highest BCUT2D eigenvalue weighted by atomic mass is 14.4. The number of hydrogen-bond acceptors (Lipinski definition) is 0. The second-order valence-electron chi connectivity index (χ2n) is 11.4. The summed E-state index contributed by atoms with van der Waals surface area (Å²) in [6.07, 6.45) is 26.3. The molecule has 2 saturated carbocycles. The molecule has 0 spiro atoms. The van der Waals surface area contributed by atoms with Crippen molar-refractivity contribution in [1.82, 2.24) is 0 Å². The van der Waals surface area contributed by atoms with Crippen LogP contribution in [0.1, 0.15) is 114 Å². The van der Waals surface area contributed by atoms with Crippen LogP contribution in [0.2, 0.25) is 0 Å². The van der Waals surface area contributed by atoms with Gasteiger partial charge in [0.25, 0.3) is 0 Å². The summed E-state index contributed by atoms with van der Waals surface area (Å²) < 4.78 is 0. The maximum atomic E-state index is 3.93. The lowest BCUT2D eigenvalue weighted by Crippen LogP contribution is -2.35. The van der Waals surface area contributed by atoms with Crippen molar-refractivity contribution in [3.05, 3.63) is 47.5 Å². The summed E-state index contributed by atoms with van der Waals surface area (Å²) in [5, 5.41) is 0. The monoisotopic (exact) mass is 420 g/mol. The lowest BCUT2D eigenvalue weighted by Gasteiger charge is -2.45. The molecule has 0 radical (unpaired) electrons. The summed E-state index contributed by atoms with van der Waals surface area (Å²) in [5.74, 6) is 5.08. The molecular weight excluding hydrogens is 372 g/mol. The van der Waals surface area contributed by atoms with E-state index < -0.39 is 0 Å². The molecule has 0 heteroatoms. The molecule has 0 aromatic heterocycles. The lowest BCUT2D eigenvalue weighted by atomic mass is 9.61. The van der Waals surface area contributed by atoms with Crippen molar-refractivity contribution < 1.29 is 0 Å². The molecule has 0 aliphatic heterocycles. The van der Waals surface area contributed by atoms with E-state index in [1.165, 1.54) is 103 Å². The van der Waals surface area contributed by atoms with Crippen molar-refractivity contribution >= 4 is 0 Å². The largest absolute Gasteiger partial charge is 0.103 e. The van der Waals surface area contributed by atoms with Gasteiger partial charge < -0.3 is 0 Å². The summed E-state index contributed by atoms with van der Waals surface area (Å²) >= 11 is 0. The van der Waals surface area contributed by atoms with Crippen LogP contribution in [0, 0.1) is 29.6 Å². The van der Waals surface area contributed by atoms with Gasteiger partial charge in [0.1, 0.15) is 0 Å². The Labute approximate surface area is 193 Å². The Morgan fingerprint density at radius 1 is 0.839 bits per heavy atom. The number of hydrogen-bond donors (Lipinski definition) is 0. The highest BCUT2D eigenvalue weighted by Crippen LogP contribution is 2.49. The molecule has 0 N–H and O–H groups in total. The molecule has 2 fully saturated rings. The molecule has 0 bridgehead atoms. The Bertz CT molecular complexity index is 685. The average molecular weight is 421 g/mol. The highest BCUT2D eigenvalue weighted by Gasteiger charge is 2.38. The Balaban J connectivity index is 1.25. The Morgan fingerprint density at radius 3 is 2.45 bits per heavy atom.